The Labute approximate surface area is 137 Å². The summed E-state index contributed by atoms with van der Waals surface area (Å²) in [5.41, 5.74) is 0.839. The molecule has 1 N–H and O–H groups in total. The molecule has 1 heterocycles. The third-order valence-corrected chi connectivity index (χ3v) is 4.66. The van der Waals surface area contributed by atoms with Crippen LogP contribution in [0, 0.1) is 5.41 Å². The fourth-order valence-electron chi connectivity index (χ4n) is 2.67. The van der Waals surface area contributed by atoms with Gasteiger partial charge in [-0.15, -0.1) is 11.3 Å². The molecule has 120 valence electrons. The number of hydrogen-bond donors (Lipinski definition) is 1. The molecule has 0 radical (unpaired) electrons. The first-order valence-electron chi connectivity index (χ1n) is 7.85. The molecule has 0 saturated heterocycles. The van der Waals surface area contributed by atoms with Crippen LogP contribution in [0.4, 0.5) is 0 Å². The fraction of sp³-hybridized carbons (Fsp3) is 0.526. The smallest absolute Gasteiger partial charge is 0.155 e. The van der Waals surface area contributed by atoms with E-state index in [2.05, 4.69) is 55.7 Å². The van der Waals surface area contributed by atoms with Gasteiger partial charge in [0.05, 0.1) is 6.04 Å². The zero-order chi connectivity index (χ0) is 16.5. The van der Waals surface area contributed by atoms with Crippen LogP contribution < -0.4 is 5.32 Å². The molecule has 1 aromatic heterocycles. The lowest BCUT2D eigenvalue weighted by molar-refractivity contribution is -0.128. The molecule has 1 aromatic carbocycles. The van der Waals surface area contributed by atoms with Gasteiger partial charge in [0.15, 0.2) is 5.78 Å². The van der Waals surface area contributed by atoms with E-state index in [1.807, 2.05) is 20.8 Å². The van der Waals surface area contributed by atoms with Crippen molar-refractivity contribution in [3.05, 3.63) is 35.2 Å². The molecule has 0 spiro atoms. The highest BCUT2D eigenvalue weighted by atomic mass is 32.1. The Kier molecular flexibility index (Phi) is 4.78. The van der Waals surface area contributed by atoms with Gasteiger partial charge in [-0.3, -0.25) is 4.79 Å². The van der Waals surface area contributed by atoms with Gasteiger partial charge in [-0.25, -0.2) is 0 Å². The van der Waals surface area contributed by atoms with E-state index in [1.165, 1.54) is 15.6 Å². The fourth-order valence-corrected chi connectivity index (χ4v) is 3.64. The Hall–Kier alpha value is -1.19. The number of nitrogens with one attached hydrogen (secondary N) is 1. The number of carbonyl (C=O) groups is 1. The minimum absolute atomic E-state index is 0.0859. The van der Waals surface area contributed by atoms with Gasteiger partial charge in [-0.05, 0) is 49.6 Å². The number of fused-ring (bicyclic) bond motifs is 1. The van der Waals surface area contributed by atoms with Gasteiger partial charge in [0.1, 0.15) is 0 Å². The van der Waals surface area contributed by atoms with Crippen LogP contribution in [0.15, 0.2) is 29.6 Å². The normalized spacial score (nSPS) is 14.3. The Morgan fingerprint density at radius 2 is 1.77 bits per heavy atom. The van der Waals surface area contributed by atoms with Crippen LogP contribution in [0.2, 0.25) is 0 Å². The highest BCUT2D eigenvalue weighted by Crippen LogP contribution is 2.28. The molecule has 3 heteroatoms. The number of rotatable bonds is 4. The Balaban J connectivity index is 2.32. The zero-order valence-electron chi connectivity index (χ0n) is 14.5. The number of benzene rings is 1. The first-order chi connectivity index (χ1) is 10.1. The van der Waals surface area contributed by atoms with E-state index in [1.54, 1.807) is 11.3 Å². The summed E-state index contributed by atoms with van der Waals surface area (Å²) in [6.45, 7) is 12.3. The van der Waals surface area contributed by atoms with E-state index in [0.717, 1.165) is 6.42 Å². The molecule has 1 atom stereocenters. The summed E-state index contributed by atoms with van der Waals surface area (Å²) < 4.78 is 1.29. The predicted octanol–water partition coefficient (Wildman–Crippen LogP) is 4.82. The number of Topliss-reactive ketones (excluding diaryl/α,β-unsaturated/α-hetero) is 1. The molecule has 0 unspecified atom stereocenters. The van der Waals surface area contributed by atoms with Gasteiger partial charge in [0.2, 0.25) is 0 Å². The van der Waals surface area contributed by atoms with Gasteiger partial charge in [0.25, 0.3) is 0 Å². The summed E-state index contributed by atoms with van der Waals surface area (Å²) in [5.74, 6) is 0.276. The second-order valence-corrected chi connectivity index (χ2v) is 8.93. The lowest BCUT2D eigenvalue weighted by Crippen LogP contribution is -2.51. The quantitative estimate of drug-likeness (QED) is 0.876. The van der Waals surface area contributed by atoms with Gasteiger partial charge >= 0.3 is 0 Å². The van der Waals surface area contributed by atoms with E-state index in [4.69, 9.17) is 0 Å². The number of carbonyl (C=O) groups excluding carboxylic acids is 1. The Morgan fingerprint density at radius 1 is 1.14 bits per heavy atom. The molecule has 0 bridgehead atoms. The summed E-state index contributed by atoms with van der Waals surface area (Å²) in [7, 11) is 0. The summed E-state index contributed by atoms with van der Waals surface area (Å²) in [6, 6.07) is 8.26. The topological polar surface area (TPSA) is 29.1 Å². The molecule has 2 aromatic rings. The maximum absolute atomic E-state index is 12.8. The van der Waals surface area contributed by atoms with Crippen LogP contribution in [-0.2, 0) is 11.2 Å². The van der Waals surface area contributed by atoms with E-state index in [9.17, 15) is 4.79 Å². The van der Waals surface area contributed by atoms with Crippen molar-refractivity contribution in [2.45, 2.75) is 59.5 Å². The molecule has 22 heavy (non-hydrogen) atoms. The van der Waals surface area contributed by atoms with Gasteiger partial charge < -0.3 is 5.32 Å². The average molecular weight is 317 g/mol. The van der Waals surface area contributed by atoms with Crippen molar-refractivity contribution in [3.63, 3.8) is 0 Å². The van der Waals surface area contributed by atoms with Crippen molar-refractivity contribution in [3.8, 4) is 0 Å². The lowest BCUT2D eigenvalue weighted by atomic mass is 9.83. The molecule has 0 aliphatic carbocycles. The van der Waals surface area contributed by atoms with Gasteiger partial charge in [-0.1, -0.05) is 39.0 Å². The average Bonchev–Trinajstić information content (AvgIpc) is 2.78. The highest BCUT2D eigenvalue weighted by molar-refractivity contribution is 7.17. The number of hydrogen-bond acceptors (Lipinski definition) is 3. The lowest BCUT2D eigenvalue weighted by Gasteiger charge is -2.31. The largest absolute Gasteiger partial charge is 0.302 e. The van der Waals surface area contributed by atoms with E-state index >= 15 is 0 Å². The highest BCUT2D eigenvalue weighted by Gasteiger charge is 2.32. The van der Waals surface area contributed by atoms with Crippen molar-refractivity contribution in [1.82, 2.24) is 5.32 Å². The first-order valence-corrected chi connectivity index (χ1v) is 8.73. The van der Waals surface area contributed by atoms with Crippen molar-refractivity contribution in [2.75, 3.05) is 0 Å². The molecule has 0 aliphatic heterocycles. The van der Waals surface area contributed by atoms with E-state index < -0.39 is 0 Å². The van der Waals surface area contributed by atoms with Crippen LogP contribution in [0.3, 0.4) is 0 Å². The minimum atomic E-state index is -0.339. The zero-order valence-corrected chi connectivity index (χ0v) is 15.3. The number of thiophene rings is 1. The molecule has 0 fully saturated rings. The minimum Gasteiger partial charge on any atom is -0.302 e. The van der Waals surface area contributed by atoms with Crippen LogP contribution in [0.25, 0.3) is 10.1 Å². The van der Waals surface area contributed by atoms with Crippen molar-refractivity contribution >= 4 is 27.2 Å². The molecule has 0 saturated carbocycles. The SMILES string of the molecule is CC(C)(C)N[C@@H](Cc1csc2ccccc12)C(=O)C(C)(C)C. The summed E-state index contributed by atoms with van der Waals surface area (Å²) in [4.78, 5) is 12.8. The van der Waals surface area contributed by atoms with Crippen LogP contribution >= 0.6 is 11.3 Å². The van der Waals surface area contributed by atoms with Crippen molar-refractivity contribution < 1.29 is 4.79 Å². The Morgan fingerprint density at radius 3 is 2.36 bits per heavy atom. The maximum Gasteiger partial charge on any atom is 0.155 e. The summed E-state index contributed by atoms with van der Waals surface area (Å²) in [6.07, 6.45) is 0.747. The third kappa shape index (κ3) is 4.17. The molecule has 2 nitrogen and oxygen atoms in total. The molecule has 2 rings (SSSR count). The second kappa shape index (κ2) is 6.13. The van der Waals surface area contributed by atoms with E-state index in [-0.39, 0.29) is 22.8 Å². The molecule has 0 aliphatic rings. The third-order valence-electron chi connectivity index (χ3n) is 3.65. The van der Waals surface area contributed by atoms with E-state index in [0.29, 0.717) is 0 Å². The monoisotopic (exact) mass is 317 g/mol. The predicted molar refractivity (Wildman–Crippen MR) is 96.7 cm³/mol. The van der Waals surface area contributed by atoms with Crippen molar-refractivity contribution in [2.24, 2.45) is 5.41 Å². The van der Waals surface area contributed by atoms with Crippen LogP contribution in [0.1, 0.15) is 47.1 Å². The molecule has 0 amide bonds. The van der Waals surface area contributed by atoms with Crippen molar-refractivity contribution in [1.29, 1.82) is 0 Å². The van der Waals surface area contributed by atoms with Gasteiger partial charge in [0, 0.05) is 15.7 Å². The van der Waals surface area contributed by atoms with Gasteiger partial charge in [-0.2, -0.15) is 0 Å². The molecular formula is C19H27NOS. The second-order valence-electron chi connectivity index (χ2n) is 8.02. The standard InChI is InChI=1S/C19H27NOS/c1-18(2,3)17(21)15(20-19(4,5)6)11-13-12-22-16-10-8-7-9-14(13)16/h7-10,12,15,20H,11H2,1-6H3/t15-/m0/s1. The summed E-state index contributed by atoms with van der Waals surface area (Å²) >= 11 is 1.75. The maximum atomic E-state index is 12.8. The Bertz CT molecular complexity index is 658. The van der Waals surface area contributed by atoms with Crippen LogP contribution in [0.5, 0.6) is 0 Å². The number of ketones is 1. The van der Waals surface area contributed by atoms with Crippen LogP contribution in [-0.4, -0.2) is 17.4 Å². The summed E-state index contributed by atoms with van der Waals surface area (Å²) in [5, 5.41) is 6.99. The molecular weight excluding hydrogens is 290 g/mol. The first kappa shape index (κ1) is 17.2.